The molecule has 0 atom stereocenters. The van der Waals surface area contributed by atoms with Gasteiger partial charge in [-0.05, 0) is 58.5 Å². The van der Waals surface area contributed by atoms with E-state index < -0.39 is 5.91 Å². The van der Waals surface area contributed by atoms with Gasteiger partial charge in [-0.3, -0.25) is 14.4 Å². The van der Waals surface area contributed by atoms with Crippen LogP contribution in [0, 0.1) is 0 Å². The third-order valence-corrected chi connectivity index (χ3v) is 5.05. The van der Waals surface area contributed by atoms with Crippen LogP contribution in [0.5, 0.6) is 0 Å². The zero-order chi connectivity index (χ0) is 27.4. The van der Waals surface area contributed by atoms with Crippen molar-refractivity contribution in [1.29, 1.82) is 0 Å². The molecule has 1 heterocycles. The van der Waals surface area contributed by atoms with Crippen molar-refractivity contribution in [1.82, 2.24) is 25.5 Å². The number of primary amides is 1. The Hall–Kier alpha value is -3.99. The maximum Gasteiger partial charge on any atom is 0.271 e. The zero-order valence-electron chi connectivity index (χ0n) is 22.2. The molecule has 0 aliphatic carbocycles. The van der Waals surface area contributed by atoms with E-state index in [1.54, 1.807) is 6.08 Å². The van der Waals surface area contributed by atoms with Crippen LogP contribution in [0.3, 0.4) is 0 Å². The van der Waals surface area contributed by atoms with E-state index in [0.717, 1.165) is 5.56 Å². The summed E-state index contributed by atoms with van der Waals surface area (Å²) in [6, 6.07) is 7.68. The fraction of sp³-hybridized carbons (Fsp3) is 0.423. The lowest BCUT2D eigenvalue weighted by Crippen LogP contribution is -2.37. The maximum atomic E-state index is 12.1. The highest BCUT2D eigenvalue weighted by atomic mass is 16.2. The van der Waals surface area contributed by atoms with Crippen LogP contribution in [0.15, 0.2) is 36.4 Å². The van der Waals surface area contributed by atoms with Crippen LogP contribution in [-0.4, -0.2) is 72.4 Å². The first kappa shape index (κ1) is 29.2. The first-order chi connectivity index (χ1) is 17.6. The van der Waals surface area contributed by atoms with Crippen LogP contribution in [0.25, 0.3) is 0 Å². The van der Waals surface area contributed by atoms with Gasteiger partial charge in [-0.1, -0.05) is 25.1 Å². The largest absolute Gasteiger partial charge is 0.366 e. The molecule has 0 fully saturated rings. The number of carbonyl (C=O) groups is 3. The predicted molar refractivity (Wildman–Crippen MR) is 146 cm³/mol. The third kappa shape index (κ3) is 10.3. The number of carbonyl (C=O) groups excluding carboxylic acids is 3. The van der Waals surface area contributed by atoms with Gasteiger partial charge in [0.05, 0.1) is 12.2 Å². The summed E-state index contributed by atoms with van der Waals surface area (Å²) in [4.78, 5) is 46.8. The number of nitrogens with one attached hydrogen (secondary N) is 4. The summed E-state index contributed by atoms with van der Waals surface area (Å²) in [6.07, 6.45) is 4.31. The molecule has 3 amide bonds. The van der Waals surface area contributed by atoms with Crippen LogP contribution in [0.4, 0.5) is 17.3 Å². The van der Waals surface area contributed by atoms with Gasteiger partial charge in [-0.15, -0.1) is 0 Å². The van der Waals surface area contributed by atoms with Crippen molar-refractivity contribution >= 4 is 35.0 Å². The zero-order valence-corrected chi connectivity index (χ0v) is 22.2. The van der Waals surface area contributed by atoms with Crippen LogP contribution >= 0.6 is 0 Å². The number of nitrogens with zero attached hydrogens (tertiary/aromatic N) is 3. The monoisotopic (exact) mass is 510 g/mol. The number of hydrogen-bond acceptors (Lipinski definition) is 8. The lowest BCUT2D eigenvalue weighted by Gasteiger charge is -2.17. The Balaban J connectivity index is 1.98. The standard InChI is InChI=1S/C26H38N8O3/c1-6-20-25(30-17(2)3)33-26(23(32-20)24(27)37)31-19-10-7-9-18(15-19)12-13-28-22(36)16-29-21(35)11-8-14-34(4)5/h7-11,15,17H,6,12-14,16H2,1-5H3,(H2,27,37)(H,28,36)(H,29,35)(H2,30,31,33)/b11-8+. The molecule has 11 heteroatoms. The number of nitrogens with two attached hydrogens (primary N) is 1. The van der Waals surface area contributed by atoms with Gasteiger partial charge in [0.1, 0.15) is 5.82 Å². The molecule has 0 aliphatic rings. The second-order valence-corrected chi connectivity index (χ2v) is 9.04. The van der Waals surface area contributed by atoms with Gasteiger partial charge < -0.3 is 31.9 Å². The Bertz CT molecular complexity index is 1110. The molecule has 0 saturated heterocycles. The molecule has 0 spiro atoms. The molecular formula is C26H38N8O3. The Kier molecular flexibility index (Phi) is 11.5. The minimum atomic E-state index is -0.667. The number of hydrogen-bond donors (Lipinski definition) is 5. The SMILES string of the molecule is CCc1nc(C(N)=O)c(Nc2cccc(CCNC(=O)CNC(=O)/C=C/CN(C)C)c2)nc1NC(C)C. The van der Waals surface area contributed by atoms with E-state index in [0.29, 0.717) is 43.1 Å². The normalized spacial score (nSPS) is 11.1. The predicted octanol–water partition coefficient (Wildman–Crippen LogP) is 1.59. The smallest absolute Gasteiger partial charge is 0.271 e. The second-order valence-electron chi connectivity index (χ2n) is 9.04. The molecule has 11 nitrogen and oxygen atoms in total. The first-order valence-electron chi connectivity index (χ1n) is 12.3. The van der Waals surface area contributed by atoms with Gasteiger partial charge in [-0.25, -0.2) is 9.97 Å². The van der Waals surface area contributed by atoms with Crippen molar-refractivity contribution in [3.8, 4) is 0 Å². The van der Waals surface area contributed by atoms with E-state index in [9.17, 15) is 14.4 Å². The third-order valence-electron chi connectivity index (χ3n) is 5.05. The summed E-state index contributed by atoms with van der Waals surface area (Å²) in [6.45, 7) is 6.87. The highest BCUT2D eigenvalue weighted by Crippen LogP contribution is 2.23. The Morgan fingerprint density at radius 2 is 1.86 bits per heavy atom. The Morgan fingerprint density at radius 1 is 1.11 bits per heavy atom. The minimum Gasteiger partial charge on any atom is -0.366 e. The minimum absolute atomic E-state index is 0.0717. The molecule has 1 aromatic carbocycles. The van der Waals surface area contributed by atoms with E-state index >= 15 is 0 Å². The molecule has 200 valence electrons. The molecule has 2 rings (SSSR count). The number of anilines is 3. The highest BCUT2D eigenvalue weighted by Gasteiger charge is 2.18. The van der Waals surface area contributed by atoms with Crippen molar-refractivity contribution in [3.63, 3.8) is 0 Å². The number of rotatable bonds is 14. The highest BCUT2D eigenvalue weighted by molar-refractivity contribution is 5.96. The average Bonchev–Trinajstić information content (AvgIpc) is 2.82. The summed E-state index contributed by atoms with van der Waals surface area (Å²) < 4.78 is 0. The summed E-state index contributed by atoms with van der Waals surface area (Å²) in [5, 5.41) is 11.8. The molecule has 1 aromatic heterocycles. The number of likely N-dealkylation sites (N-methyl/N-ethyl adjacent to an activating group) is 1. The van der Waals surface area contributed by atoms with Gasteiger partial charge >= 0.3 is 0 Å². The van der Waals surface area contributed by atoms with Gasteiger partial charge in [-0.2, -0.15) is 0 Å². The number of aryl methyl sites for hydroxylation is 1. The Labute approximate surface area is 218 Å². The molecule has 0 saturated carbocycles. The fourth-order valence-corrected chi connectivity index (χ4v) is 3.31. The summed E-state index contributed by atoms with van der Waals surface area (Å²) in [5.74, 6) is -0.378. The summed E-state index contributed by atoms with van der Waals surface area (Å²) >= 11 is 0. The fourth-order valence-electron chi connectivity index (χ4n) is 3.31. The van der Waals surface area contributed by atoms with E-state index in [2.05, 4.69) is 31.2 Å². The number of aromatic nitrogens is 2. The summed E-state index contributed by atoms with van der Waals surface area (Å²) in [7, 11) is 3.80. The number of amides is 3. The first-order valence-corrected chi connectivity index (χ1v) is 12.3. The van der Waals surface area contributed by atoms with Crippen molar-refractivity contribution in [3.05, 3.63) is 53.4 Å². The average molecular weight is 511 g/mol. The van der Waals surface area contributed by atoms with E-state index in [4.69, 9.17) is 5.73 Å². The molecule has 0 radical (unpaired) electrons. The lowest BCUT2D eigenvalue weighted by molar-refractivity contribution is -0.123. The topological polar surface area (TPSA) is 154 Å². The van der Waals surface area contributed by atoms with Crippen molar-refractivity contribution < 1.29 is 14.4 Å². The van der Waals surface area contributed by atoms with Crippen LogP contribution in [0.1, 0.15) is 42.5 Å². The van der Waals surface area contributed by atoms with Crippen LogP contribution in [0.2, 0.25) is 0 Å². The van der Waals surface area contributed by atoms with Gasteiger partial charge in [0.25, 0.3) is 5.91 Å². The Morgan fingerprint density at radius 3 is 2.51 bits per heavy atom. The van der Waals surface area contributed by atoms with Gasteiger partial charge in [0, 0.05) is 30.9 Å². The van der Waals surface area contributed by atoms with Crippen molar-refractivity contribution in [2.75, 3.05) is 44.4 Å². The van der Waals surface area contributed by atoms with Crippen molar-refractivity contribution in [2.24, 2.45) is 5.73 Å². The van der Waals surface area contributed by atoms with Crippen LogP contribution < -0.4 is 27.0 Å². The molecule has 0 aliphatic heterocycles. The molecule has 6 N–H and O–H groups in total. The van der Waals surface area contributed by atoms with E-state index in [-0.39, 0.29) is 35.9 Å². The quantitative estimate of drug-likeness (QED) is 0.240. The van der Waals surface area contributed by atoms with E-state index in [1.807, 2.05) is 64.0 Å². The van der Waals surface area contributed by atoms with Crippen molar-refractivity contribution in [2.45, 2.75) is 39.7 Å². The van der Waals surface area contributed by atoms with Gasteiger partial charge in [0.2, 0.25) is 11.8 Å². The molecule has 37 heavy (non-hydrogen) atoms. The van der Waals surface area contributed by atoms with Gasteiger partial charge in [0.15, 0.2) is 11.5 Å². The molecular weight excluding hydrogens is 472 g/mol. The maximum absolute atomic E-state index is 12.1. The summed E-state index contributed by atoms with van der Waals surface area (Å²) in [5.41, 5.74) is 7.97. The molecule has 0 unspecified atom stereocenters. The molecule has 0 bridgehead atoms. The number of benzene rings is 1. The lowest BCUT2D eigenvalue weighted by atomic mass is 10.1. The van der Waals surface area contributed by atoms with E-state index in [1.165, 1.54) is 6.08 Å². The van der Waals surface area contributed by atoms with Crippen LogP contribution in [-0.2, 0) is 22.4 Å². The second kappa shape index (κ2) is 14.5. The molecule has 2 aromatic rings.